The topological polar surface area (TPSA) is 26.0 Å². The second kappa shape index (κ2) is 3.87. The minimum absolute atomic E-state index is 0.0582. The third-order valence-electron chi connectivity index (χ3n) is 1.61. The Morgan fingerprint density at radius 3 is 2.43 bits per heavy atom. The van der Waals surface area contributed by atoms with Crippen LogP contribution in [0.15, 0.2) is 15.9 Å². The van der Waals surface area contributed by atoms with E-state index in [4.69, 9.17) is 5.73 Å². The van der Waals surface area contributed by atoms with E-state index >= 15 is 0 Å². The molecule has 0 unspecified atom stereocenters. The fourth-order valence-corrected chi connectivity index (χ4v) is 2.57. The summed E-state index contributed by atoms with van der Waals surface area (Å²) in [6.07, 6.45) is -0.340. The van der Waals surface area contributed by atoms with Crippen LogP contribution in [0.5, 0.6) is 0 Å². The standard InChI is InChI=1S/C9H12BrF2NS/c1-8(2,13)5-9(11,12)7-3-6(10)4-14-7/h3-4H,5,13H2,1-2H3. The van der Waals surface area contributed by atoms with Gasteiger partial charge in [-0.15, -0.1) is 11.3 Å². The molecule has 0 radical (unpaired) electrons. The number of hydrogen-bond acceptors (Lipinski definition) is 2. The van der Waals surface area contributed by atoms with Gasteiger partial charge in [0.05, 0.1) is 4.88 Å². The van der Waals surface area contributed by atoms with Crippen molar-refractivity contribution in [2.24, 2.45) is 5.73 Å². The maximum absolute atomic E-state index is 13.6. The molecule has 80 valence electrons. The summed E-state index contributed by atoms with van der Waals surface area (Å²) in [4.78, 5) is 0.0582. The molecule has 0 bridgehead atoms. The van der Waals surface area contributed by atoms with Gasteiger partial charge in [-0.3, -0.25) is 0 Å². The van der Waals surface area contributed by atoms with Gasteiger partial charge < -0.3 is 5.73 Å². The minimum Gasteiger partial charge on any atom is -0.325 e. The Kier molecular flexibility index (Phi) is 3.33. The lowest BCUT2D eigenvalue weighted by atomic mass is 9.97. The molecule has 0 aliphatic carbocycles. The normalized spacial score (nSPS) is 13.3. The van der Waals surface area contributed by atoms with E-state index in [9.17, 15) is 8.78 Å². The van der Waals surface area contributed by atoms with Crippen molar-refractivity contribution >= 4 is 27.3 Å². The Morgan fingerprint density at radius 2 is 2.07 bits per heavy atom. The van der Waals surface area contributed by atoms with Crippen LogP contribution in [0.3, 0.4) is 0 Å². The predicted octanol–water partition coefficient (Wildman–Crippen LogP) is 3.73. The Hall–Kier alpha value is -0.0000000000000000833. The zero-order valence-electron chi connectivity index (χ0n) is 7.98. The van der Waals surface area contributed by atoms with Crippen LogP contribution in [0.4, 0.5) is 8.78 Å². The molecule has 1 heterocycles. The van der Waals surface area contributed by atoms with Gasteiger partial charge in [-0.1, -0.05) is 0 Å². The Bertz CT molecular complexity index is 317. The average Bonchev–Trinajstić information content (AvgIpc) is 2.29. The van der Waals surface area contributed by atoms with Crippen molar-refractivity contribution in [3.05, 3.63) is 20.8 Å². The molecule has 0 spiro atoms. The lowest BCUT2D eigenvalue weighted by Crippen LogP contribution is -2.37. The van der Waals surface area contributed by atoms with Crippen molar-refractivity contribution in [3.63, 3.8) is 0 Å². The van der Waals surface area contributed by atoms with Crippen molar-refractivity contribution in [1.82, 2.24) is 0 Å². The molecule has 0 aliphatic rings. The van der Waals surface area contributed by atoms with Crippen molar-refractivity contribution in [1.29, 1.82) is 0 Å². The molecule has 0 atom stereocenters. The largest absolute Gasteiger partial charge is 0.325 e. The lowest BCUT2D eigenvalue weighted by molar-refractivity contribution is -0.0259. The third-order valence-corrected chi connectivity index (χ3v) is 3.41. The Labute approximate surface area is 94.4 Å². The molecule has 1 aromatic heterocycles. The summed E-state index contributed by atoms with van der Waals surface area (Å²) >= 11 is 4.19. The van der Waals surface area contributed by atoms with E-state index in [1.165, 1.54) is 6.07 Å². The number of hydrogen-bond donors (Lipinski definition) is 1. The monoisotopic (exact) mass is 283 g/mol. The maximum Gasteiger partial charge on any atom is 0.283 e. The highest BCUT2D eigenvalue weighted by Crippen LogP contribution is 2.39. The second-order valence-corrected chi connectivity index (χ2v) is 5.83. The molecular weight excluding hydrogens is 272 g/mol. The first kappa shape index (κ1) is 12.1. The van der Waals surface area contributed by atoms with Crippen molar-refractivity contribution < 1.29 is 8.78 Å². The first-order chi connectivity index (χ1) is 6.21. The van der Waals surface area contributed by atoms with Gasteiger partial charge in [0.15, 0.2) is 0 Å². The van der Waals surface area contributed by atoms with Crippen LogP contribution in [-0.2, 0) is 5.92 Å². The maximum atomic E-state index is 13.6. The highest BCUT2D eigenvalue weighted by Gasteiger charge is 2.37. The number of rotatable bonds is 3. The van der Waals surface area contributed by atoms with Crippen LogP contribution >= 0.6 is 27.3 Å². The number of nitrogens with two attached hydrogens (primary N) is 1. The molecule has 0 aliphatic heterocycles. The van der Waals surface area contributed by atoms with Crippen molar-refractivity contribution in [2.75, 3.05) is 0 Å². The van der Waals surface area contributed by atoms with Gasteiger partial charge in [-0.2, -0.15) is 0 Å². The van der Waals surface area contributed by atoms with Crippen LogP contribution in [0, 0.1) is 0 Å². The summed E-state index contributed by atoms with van der Waals surface area (Å²) in [5.41, 5.74) is 4.72. The van der Waals surface area contributed by atoms with E-state index in [-0.39, 0.29) is 11.3 Å². The van der Waals surface area contributed by atoms with E-state index in [1.807, 2.05) is 0 Å². The van der Waals surface area contributed by atoms with Crippen molar-refractivity contribution in [2.45, 2.75) is 31.7 Å². The molecule has 1 rings (SSSR count). The SMILES string of the molecule is CC(C)(N)CC(F)(F)c1cc(Br)cs1. The van der Waals surface area contributed by atoms with E-state index in [0.717, 1.165) is 11.3 Å². The van der Waals surface area contributed by atoms with Gasteiger partial charge in [0, 0.05) is 21.8 Å². The number of alkyl halides is 2. The predicted molar refractivity (Wildman–Crippen MR) is 58.8 cm³/mol. The number of thiophene rings is 1. The first-order valence-corrected chi connectivity index (χ1v) is 5.79. The van der Waals surface area contributed by atoms with Gasteiger partial charge in [0.2, 0.25) is 0 Å². The van der Waals surface area contributed by atoms with Gasteiger partial charge >= 0.3 is 0 Å². The summed E-state index contributed by atoms with van der Waals surface area (Å²) in [6, 6.07) is 1.44. The molecule has 2 N–H and O–H groups in total. The zero-order chi connectivity index (χ0) is 11.0. The summed E-state index contributed by atoms with van der Waals surface area (Å²) in [5.74, 6) is -2.84. The molecule has 1 nitrogen and oxygen atoms in total. The van der Waals surface area contributed by atoms with Gasteiger partial charge in [0.1, 0.15) is 0 Å². The quantitative estimate of drug-likeness (QED) is 0.899. The molecule has 0 aromatic carbocycles. The van der Waals surface area contributed by atoms with Gasteiger partial charge in [0.25, 0.3) is 5.92 Å². The molecule has 14 heavy (non-hydrogen) atoms. The molecule has 0 saturated carbocycles. The molecular formula is C9H12BrF2NS. The van der Waals surface area contributed by atoms with Crippen LogP contribution in [-0.4, -0.2) is 5.54 Å². The summed E-state index contributed by atoms with van der Waals surface area (Å²) in [7, 11) is 0. The van der Waals surface area contributed by atoms with Crippen LogP contribution < -0.4 is 5.73 Å². The molecule has 1 aromatic rings. The molecule has 0 saturated heterocycles. The highest BCUT2D eigenvalue weighted by molar-refractivity contribution is 9.10. The first-order valence-electron chi connectivity index (χ1n) is 4.12. The molecule has 0 amide bonds. The fourth-order valence-electron chi connectivity index (χ4n) is 1.16. The van der Waals surface area contributed by atoms with Gasteiger partial charge in [-0.05, 0) is 35.8 Å². The summed E-state index contributed by atoms with van der Waals surface area (Å²) in [5, 5.41) is 1.65. The Balaban J connectivity index is 2.85. The number of halogens is 3. The highest BCUT2D eigenvalue weighted by atomic mass is 79.9. The van der Waals surface area contributed by atoms with Crippen molar-refractivity contribution in [3.8, 4) is 0 Å². The van der Waals surface area contributed by atoms with Crippen LogP contribution in [0.1, 0.15) is 25.1 Å². The smallest absolute Gasteiger partial charge is 0.283 e. The third kappa shape index (κ3) is 3.29. The fraction of sp³-hybridized carbons (Fsp3) is 0.556. The molecule has 5 heteroatoms. The Morgan fingerprint density at radius 1 is 1.50 bits per heavy atom. The van der Waals surface area contributed by atoms with E-state index in [0.29, 0.717) is 4.47 Å². The zero-order valence-corrected chi connectivity index (χ0v) is 10.4. The van der Waals surface area contributed by atoms with Gasteiger partial charge in [-0.25, -0.2) is 8.78 Å². The van der Waals surface area contributed by atoms with E-state index in [1.54, 1.807) is 19.2 Å². The molecule has 0 fully saturated rings. The van der Waals surface area contributed by atoms with Crippen LogP contribution in [0.25, 0.3) is 0 Å². The minimum atomic E-state index is -2.84. The van der Waals surface area contributed by atoms with E-state index < -0.39 is 11.5 Å². The van der Waals surface area contributed by atoms with Crippen LogP contribution in [0.2, 0.25) is 0 Å². The lowest BCUT2D eigenvalue weighted by Gasteiger charge is -2.24. The second-order valence-electron chi connectivity index (χ2n) is 4.00. The van der Waals surface area contributed by atoms with E-state index in [2.05, 4.69) is 15.9 Å². The summed E-state index contributed by atoms with van der Waals surface area (Å²) < 4.78 is 27.8. The average molecular weight is 284 g/mol. The summed E-state index contributed by atoms with van der Waals surface area (Å²) in [6.45, 7) is 3.20.